The molecule has 1 saturated carbocycles. The van der Waals surface area contributed by atoms with Crippen molar-refractivity contribution in [3.05, 3.63) is 89.4 Å². The van der Waals surface area contributed by atoms with E-state index in [2.05, 4.69) is 15.2 Å². The third-order valence-corrected chi connectivity index (χ3v) is 8.21. The fourth-order valence-corrected chi connectivity index (χ4v) is 6.23. The Bertz CT molecular complexity index is 1670. The average molecular weight is 552 g/mol. The van der Waals surface area contributed by atoms with E-state index in [0.717, 1.165) is 41.6 Å². The number of carbonyl (C=O) groups is 1. The molecule has 9 nitrogen and oxygen atoms in total. The number of amides is 1. The molecule has 3 aliphatic rings. The Morgan fingerprint density at radius 1 is 1.05 bits per heavy atom. The summed E-state index contributed by atoms with van der Waals surface area (Å²) in [5, 5.41) is 18.4. The first-order chi connectivity index (χ1) is 20.0. The van der Waals surface area contributed by atoms with E-state index in [1.165, 1.54) is 6.07 Å². The zero-order chi connectivity index (χ0) is 28.1. The minimum absolute atomic E-state index is 0.0439. The maximum Gasteiger partial charge on any atom is 0.267 e. The number of pyridine rings is 1. The van der Waals surface area contributed by atoms with Crippen molar-refractivity contribution in [1.29, 1.82) is 0 Å². The number of rotatable bonds is 7. The van der Waals surface area contributed by atoms with Gasteiger partial charge in [0.05, 0.1) is 24.3 Å². The fourth-order valence-electron chi connectivity index (χ4n) is 6.23. The first-order valence-electron chi connectivity index (χ1n) is 14.0. The molecule has 2 aromatic heterocycles. The van der Waals surface area contributed by atoms with Crippen molar-refractivity contribution < 1.29 is 14.3 Å². The molecule has 1 aliphatic carbocycles. The number of aromatic nitrogens is 3. The number of fused-ring (bicyclic) bond motifs is 5. The fraction of sp³-hybridized carbons (Fsp3) is 0.290. The maximum absolute atomic E-state index is 13.8. The van der Waals surface area contributed by atoms with Gasteiger partial charge in [-0.3, -0.25) is 14.6 Å². The van der Waals surface area contributed by atoms with Gasteiger partial charge >= 0.3 is 0 Å². The molecule has 2 unspecified atom stereocenters. The van der Waals surface area contributed by atoms with E-state index in [9.17, 15) is 14.3 Å². The van der Waals surface area contributed by atoms with Gasteiger partial charge < -0.3 is 10.4 Å². The van der Waals surface area contributed by atoms with Crippen LogP contribution in [0.4, 0.5) is 21.7 Å². The number of nitrogens with one attached hydrogen (secondary N) is 1. The molecule has 1 fully saturated rings. The second-order valence-electron chi connectivity index (χ2n) is 10.7. The van der Waals surface area contributed by atoms with Gasteiger partial charge in [0.1, 0.15) is 11.4 Å². The topological polar surface area (TPSA) is 98.9 Å². The SMILES string of the molecule is CN1C(=O)c2c(nn(Cc3ccc(-c4cccc(F)n4)cc3CCO)c2Nc2ccccc2)N2C1=NC1CCCC12. The second kappa shape index (κ2) is 10.1. The van der Waals surface area contributed by atoms with Crippen LogP contribution in [0.2, 0.25) is 0 Å². The van der Waals surface area contributed by atoms with Gasteiger partial charge in [0, 0.05) is 24.9 Å². The number of hydrogen-bond acceptors (Lipinski definition) is 7. The standard InChI is InChI=1S/C31H30FN7O2/c1-37-30(41)27-28(33-22-7-3-2-4-8-22)38(36-29(27)39-25-11-5-10-24(25)35-31(37)39)18-21-14-13-20(17-19(21)15-16-40)23-9-6-12-26(32)34-23/h2-4,6-9,12-14,17,24-25,33,40H,5,10-11,15-16,18H2,1H3. The number of halogens is 1. The molecule has 4 heterocycles. The van der Waals surface area contributed by atoms with E-state index in [-0.39, 0.29) is 24.6 Å². The van der Waals surface area contributed by atoms with Crippen molar-refractivity contribution in [3.8, 4) is 11.3 Å². The summed E-state index contributed by atoms with van der Waals surface area (Å²) in [5.74, 6) is 1.21. The van der Waals surface area contributed by atoms with Gasteiger partial charge in [-0.2, -0.15) is 9.49 Å². The van der Waals surface area contributed by atoms with Gasteiger partial charge in [0.25, 0.3) is 5.91 Å². The third kappa shape index (κ3) is 4.35. The Morgan fingerprint density at radius 3 is 2.71 bits per heavy atom. The Labute approximate surface area is 237 Å². The van der Waals surface area contributed by atoms with Crippen LogP contribution in [0, 0.1) is 5.95 Å². The average Bonchev–Trinajstić information content (AvgIpc) is 3.67. The van der Waals surface area contributed by atoms with Crippen LogP contribution in [0.5, 0.6) is 0 Å². The molecule has 2 atom stereocenters. The molecule has 208 valence electrons. The summed E-state index contributed by atoms with van der Waals surface area (Å²) in [7, 11) is 1.78. The Morgan fingerprint density at radius 2 is 1.90 bits per heavy atom. The van der Waals surface area contributed by atoms with Gasteiger partial charge in [-0.15, -0.1) is 0 Å². The lowest BCUT2D eigenvalue weighted by Gasteiger charge is -2.34. The molecular weight excluding hydrogens is 521 g/mol. The first-order valence-corrected chi connectivity index (χ1v) is 14.0. The Hall–Kier alpha value is -4.57. The molecule has 2 aromatic carbocycles. The molecule has 0 saturated heterocycles. The highest BCUT2D eigenvalue weighted by Crippen LogP contribution is 2.43. The lowest BCUT2D eigenvalue weighted by Crippen LogP contribution is -2.51. The minimum atomic E-state index is -0.544. The van der Waals surface area contributed by atoms with Crippen LogP contribution < -0.4 is 10.2 Å². The summed E-state index contributed by atoms with van der Waals surface area (Å²) >= 11 is 0. The largest absolute Gasteiger partial charge is 0.396 e. The molecule has 1 amide bonds. The zero-order valence-electron chi connectivity index (χ0n) is 22.7. The van der Waals surface area contributed by atoms with E-state index in [0.29, 0.717) is 41.8 Å². The van der Waals surface area contributed by atoms with E-state index in [1.54, 1.807) is 24.1 Å². The molecule has 7 rings (SSSR count). The number of para-hydroxylation sites is 1. The smallest absolute Gasteiger partial charge is 0.267 e. The van der Waals surface area contributed by atoms with Crippen LogP contribution in [0.3, 0.4) is 0 Å². The van der Waals surface area contributed by atoms with Gasteiger partial charge in [0.2, 0.25) is 11.9 Å². The molecule has 2 N–H and O–H groups in total. The molecule has 10 heteroatoms. The highest BCUT2D eigenvalue weighted by atomic mass is 19.1. The predicted octanol–water partition coefficient (Wildman–Crippen LogP) is 4.59. The zero-order valence-corrected chi connectivity index (χ0v) is 22.7. The number of guanidine groups is 1. The number of aliphatic hydroxyl groups is 1. The van der Waals surface area contributed by atoms with Crippen molar-refractivity contribution >= 4 is 29.2 Å². The van der Waals surface area contributed by atoms with Gasteiger partial charge in [-0.05, 0) is 67.1 Å². The van der Waals surface area contributed by atoms with Crippen LogP contribution in [0.1, 0.15) is 40.7 Å². The third-order valence-electron chi connectivity index (χ3n) is 8.21. The molecule has 0 spiro atoms. The maximum atomic E-state index is 13.8. The van der Waals surface area contributed by atoms with E-state index in [4.69, 9.17) is 10.1 Å². The Balaban J connectivity index is 1.33. The van der Waals surface area contributed by atoms with Crippen molar-refractivity contribution in [2.75, 3.05) is 23.9 Å². The van der Waals surface area contributed by atoms with Crippen LogP contribution in [0.15, 0.2) is 71.7 Å². The quantitative estimate of drug-likeness (QED) is 0.326. The normalized spacial score (nSPS) is 19.2. The van der Waals surface area contributed by atoms with Gasteiger partial charge in [0.15, 0.2) is 5.82 Å². The second-order valence-corrected chi connectivity index (χ2v) is 10.7. The van der Waals surface area contributed by atoms with E-state index >= 15 is 0 Å². The molecule has 0 radical (unpaired) electrons. The van der Waals surface area contributed by atoms with Crippen molar-refractivity contribution in [1.82, 2.24) is 19.7 Å². The lowest BCUT2D eigenvalue weighted by molar-refractivity contribution is 0.0866. The van der Waals surface area contributed by atoms with Crippen LogP contribution in [0.25, 0.3) is 11.3 Å². The summed E-state index contributed by atoms with van der Waals surface area (Å²) < 4.78 is 15.7. The summed E-state index contributed by atoms with van der Waals surface area (Å²) in [6, 6.07) is 20.6. The van der Waals surface area contributed by atoms with Gasteiger partial charge in [-0.25, -0.2) is 14.7 Å². The van der Waals surface area contributed by atoms with Crippen LogP contribution in [-0.2, 0) is 13.0 Å². The van der Waals surface area contributed by atoms with Crippen molar-refractivity contribution in [2.45, 2.75) is 44.3 Å². The number of hydrogen-bond donors (Lipinski definition) is 2. The number of benzene rings is 2. The number of nitrogens with zero attached hydrogens (tertiary/aromatic N) is 6. The first kappa shape index (κ1) is 25.4. The summed E-state index contributed by atoms with van der Waals surface area (Å²) in [6.45, 7) is 0.317. The number of carbonyl (C=O) groups excluding carboxylic acids is 1. The van der Waals surface area contributed by atoms with Crippen LogP contribution >= 0.6 is 0 Å². The van der Waals surface area contributed by atoms with E-state index in [1.807, 2.05) is 53.2 Å². The van der Waals surface area contributed by atoms with Crippen molar-refractivity contribution in [3.63, 3.8) is 0 Å². The molecule has 4 aromatic rings. The van der Waals surface area contributed by atoms with E-state index < -0.39 is 5.95 Å². The summed E-state index contributed by atoms with van der Waals surface area (Å²) in [4.78, 5) is 26.5. The van der Waals surface area contributed by atoms with Crippen molar-refractivity contribution in [2.24, 2.45) is 4.99 Å². The highest BCUT2D eigenvalue weighted by molar-refractivity contribution is 6.21. The molecule has 2 aliphatic heterocycles. The predicted molar refractivity (Wildman–Crippen MR) is 155 cm³/mol. The number of aliphatic hydroxyl groups excluding tert-OH is 1. The molecular formula is C31H30FN7O2. The lowest BCUT2D eigenvalue weighted by atomic mass is 9.99. The number of aliphatic imine (C=N–C) groups is 1. The van der Waals surface area contributed by atoms with Gasteiger partial charge in [-0.1, -0.05) is 36.4 Å². The monoisotopic (exact) mass is 551 g/mol. The summed E-state index contributed by atoms with van der Waals surface area (Å²) in [6.07, 6.45) is 3.52. The minimum Gasteiger partial charge on any atom is -0.396 e. The molecule has 0 bridgehead atoms. The number of anilines is 3. The summed E-state index contributed by atoms with van der Waals surface area (Å²) in [5.41, 5.74) is 4.49. The Kier molecular flexibility index (Phi) is 6.27. The highest BCUT2D eigenvalue weighted by Gasteiger charge is 2.49. The molecule has 41 heavy (non-hydrogen) atoms. The van der Waals surface area contributed by atoms with Crippen LogP contribution in [-0.4, -0.2) is 62.4 Å².